The molecule has 0 aliphatic carbocycles. The smallest absolute Gasteiger partial charge is 0.326 e. The summed E-state index contributed by atoms with van der Waals surface area (Å²) in [5.74, 6) is -4.61. The van der Waals surface area contributed by atoms with Crippen molar-refractivity contribution in [2.45, 2.75) is 62.9 Å². The average Bonchev–Trinajstić information content (AvgIpc) is 3.54. The quantitative estimate of drug-likeness (QED) is 0.111. The Hall–Kier alpha value is -4.31. The molecule has 0 bridgehead atoms. The number of nitrogens with zero attached hydrogens (tertiary/aromatic N) is 2. The van der Waals surface area contributed by atoms with E-state index in [-0.39, 0.29) is 25.7 Å². The van der Waals surface area contributed by atoms with E-state index in [0.29, 0.717) is 11.4 Å². The zero-order valence-corrected chi connectivity index (χ0v) is 20.0. The van der Waals surface area contributed by atoms with Gasteiger partial charge < -0.3 is 47.6 Å². The molecule has 202 valence electrons. The number of aliphatic hydroxyl groups is 1. The van der Waals surface area contributed by atoms with Gasteiger partial charge in [0.2, 0.25) is 23.6 Å². The molecule has 37 heavy (non-hydrogen) atoms. The number of amides is 4. The first-order valence-electron chi connectivity index (χ1n) is 11.3. The molecule has 0 radical (unpaired) electrons. The molecule has 2 heterocycles. The minimum atomic E-state index is -1.37. The number of nitrogens with one attached hydrogen (secondary N) is 5. The summed E-state index contributed by atoms with van der Waals surface area (Å²) in [4.78, 5) is 74.8. The number of hydrogen-bond donors (Lipinski definition) is 9. The summed E-state index contributed by atoms with van der Waals surface area (Å²) >= 11 is 0. The van der Waals surface area contributed by atoms with Gasteiger partial charge in [0, 0.05) is 43.0 Å². The van der Waals surface area contributed by atoms with E-state index in [1.807, 2.05) is 0 Å². The Morgan fingerprint density at radius 2 is 1.38 bits per heavy atom. The van der Waals surface area contributed by atoms with Gasteiger partial charge in [0.25, 0.3) is 0 Å². The Balaban J connectivity index is 2.20. The molecule has 16 nitrogen and oxygen atoms in total. The molecule has 0 saturated carbocycles. The fourth-order valence-corrected chi connectivity index (χ4v) is 3.23. The zero-order chi connectivity index (χ0) is 27.5. The fraction of sp³-hybridized carbons (Fsp3) is 0.476. The first-order valence-corrected chi connectivity index (χ1v) is 11.3. The zero-order valence-electron chi connectivity index (χ0n) is 20.0. The van der Waals surface area contributed by atoms with Gasteiger partial charge in [0.05, 0.1) is 18.8 Å². The molecule has 4 amide bonds. The third-order valence-corrected chi connectivity index (χ3v) is 5.34. The predicted octanol–water partition coefficient (Wildman–Crippen LogP) is -3.57. The summed E-state index contributed by atoms with van der Waals surface area (Å²) in [5, 5.41) is 26.3. The van der Waals surface area contributed by atoms with Crippen molar-refractivity contribution in [2.24, 2.45) is 11.5 Å². The lowest BCUT2D eigenvalue weighted by atomic mass is 10.1. The molecule has 5 atom stereocenters. The molecule has 0 saturated heterocycles. The highest BCUT2D eigenvalue weighted by molar-refractivity contribution is 5.94. The molecular formula is C21H31N9O7. The normalized spacial score (nSPS) is 15.0. The van der Waals surface area contributed by atoms with Crippen LogP contribution >= 0.6 is 0 Å². The second kappa shape index (κ2) is 13.7. The van der Waals surface area contributed by atoms with E-state index in [4.69, 9.17) is 11.5 Å². The number of nitrogens with two attached hydrogens (primary N) is 2. The molecule has 2 rings (SSSR count). The number of aromatic nitrogens is 4. The first-order chi connectivity index (χ1) is 17.5. The number of rotatable bonds is 15. The van der Waals surface area contributed by atoms with Gasteiger partial charge in [-0.1, -0.05) is 0 Å². The van der Waals surface area contributed by atoms with Crippen molar-refractivity contribution in [1.29, 1.82) is 0 Å². The standard InChI is InChI=1S/C21H31N9O7/c1-10(31)17(23)20(35)29-14(4-11-6-24-8-26-11)19(34)28-13(2-3-16(22)32)18(33)30-15(21(36)37)5-12-7-25-9-27-12/h6-10,13-15,17,31H,2-5,23H2,1H3,(H2,22,32)(H,24,26)(H,25,27)(H,28,34)(H,29,35)(H,30,33)(H,36,37). The summed E-state index contributed by atoms with van der Waals surface area (Å²) in [6.07, 6.45) is 3.61. The molecule has 0 aliphatic rings. The maximum absolute atomic E-state index is 13.1. The number of carbonyl (C=O) groups excluding carboxylic acids is 4. The minimum Gasteiger partial charge on any atom is -0.480 e. The highest BCUT2D eigenvalue weighted by atomic mass is 16.4. The van der Waals surface area contributed by atoms with Crippen LogP contribution < -0.4 is 27.4 Å². The maximum Gasteiger partial charge on any atom is 0.326 e. The van der Waals surface area contributed by atoms with Gasteiger partial charge in [-0.15, -0.1) is 0 Å². The second-order valence-electron chi connectivity index (χ2n) is 8.36. The number of aliphatic carboxylic acids is 1. The summed E-state index contributed by atoms with van der Waals surface area (Å²) in [5.41, 5.74) is 11.8. The van der Waals surface area contributed by atoms with Crippen molar-refractivity contribution in [2.75, 3.05) is 0 Å². The van der Waals surface area contributed by atoms with E-state index in [2.05, 4.69) is 35.9 Å². The van der Waals surface area contributed by atoms with Crippen molar-refractivity contribution in [3.8, 4) is 0 Å². The van der Waals surface area contributed by atoms with E-state index in [1.165, 1.54) is 32.0 Å². The van der Waals surface area contributed by atoms with Crippen molar-refractivity contribution in [3.63, 3.8) is 0 Å². The van der Waals surface area contributed by atoms with Crippen molar-refractivity contribution >= 4 is 29.6 Å². The Labute approximate surface area is 211 Å². The topological polar surface area (TPSA) is 271 Å². The summed E-state index contributed by atoms with van der Waals surface area (Å²) in [6.45, 7) is 1.31. The molecule has 2 aromatic heterocycles. The molecule has 16 heteroatoms. The fourth-order valence-electron chi connectivity index (χ4n) is 3.23. The number of carboxylic acid groups (broad SMARTS) is 1. The van der Waals surface area contributed by atoms with Crippen molar-refractivity contribution in [3.05, 3.63) is 36.4 Å². The van der Waals surface area contributed by atoms with Crippen LogP contribution in [0.25, 0.3) is 0 Å². The highest BCUT2D eigenvalue weighted by Crippen LogP contribution is 2.06. The molecule has 11 N–H and O–H groups in total. The van der Waals surface area contributed by atoms with Crippen LogP contribution in [-0.2, 0) is 36.8 Å². The van der Waals surface area contributed by atoms with Crippen LogP contribution in [0.15, 0.2) is 25.0 Å². The lowest BCUT2D eigenvalue weighted by Gasteiger charge is -2.25. The maximum atomic E-state index is 13.1. The molecule has 0 spiro atoms. The first kappa shape index (κ1) is 28.9. The Bertz CT molecular complexity index is 1060. The third-order valence-electron chi connectivity index (χ3n) is 5.34. The van der Waals surface area contributed by atoms with Crippen LogP contribution in [0.2, 0.25) is 0 Å². The van der Waals surface area contributed by atoms with Crippen LogP contribution in [0.3, 0.4) is 0 Å². The number of aliphatic hydroxyl groups excluding tert-OH is 1. The average molecular weight is 522 g/mol. The van der Waals surface area contributed by atoms with Gasteiger partial charge in [0.15, 0.2) is 0 Å². The number of aromatic amines is 2. The summed E-state index contributed by atoms with van der Waals surface area (Å²) in [7, 11) is 0. The number of hydrogen-bond acceptors (Lipinski definition) is 9. The van der Waals surface area contributed by atoms with Gasteiger partial charge in [-0.25, -0.2) is 14.8 Å². The van der Waals surface area contributed by atoms with Crippen LogP contribution in [0.4, 0.5) is 0 Å². The van der Waals surface area contributed by atoms with Gasteiger partial charge in [-0.05, 0) is 13.3 Å². The van der Waals surface area contributed by atoms with Gasteiger partial charge in [-0.3, -0.25) is 19.2 Å². The SMILES string of the molecule is CC(O)C(N)C(=O)NC(Cc1cnc[nH]1)C(=O)NC(CCC(N)=O)C(=O)NC(Cc1cnc[nH]1)C(=O)O. The number of carbonyl (C=O) groups is 5. The Morgan fingerprint density at radius 1 is 0.892 bits per heavy atom. The largest absolute Gasteiger partial charge is 0.480 e. The van der Waals surface area contributed by atoms with Crippen LogP contribution in [-0.4, -0.2) is 90.0 Å². The van der Waals surface area contributed by atoms with Crippen molar-refractivity contribution in [1.82, 2.24) is 35.9 Å². The number of imidazole rings is 2. The Morgan fingerprint density at radius 3 is 1.84 bits per heavy atom. The molecule has 0 fully saturated rings. The van der Waals surface area contributed by atoms with Crippen molar-refractivity contribution < 1.29 is 34.2 Å². The van der Waals surface area contributed by atoms with Crippen LogP contribution in [0, 0.1) is 0 Å². The number of carboxylic acids is 1. The summed E-state index contributed by atoms with van der Waals surface area (Å²) in [6, 6.07) is -5.33. The van der Waals surface area contributed by atoms with E-state index >= 15 is 0 Å². The van der Waals surface area contributed by atoms with Crippen LogP contribution in [0.5, 0.6) is 0 Å². The molecule has 0 aromatic carbocycles. The van der Waals surface area contributed by atoms with E-state index in [9.17, 15) is 34.2 Å². The van der Waals surface area contributed by atoms with Gasteiger partial charge in [0.1, 0.15) is 24.2 Å². The monoisotopic (exact) mass is 521 g/mol. The lowest BCUT2D eigenvalue weighted by molar-refractivity contribution is -0.142. The second-order valence-corrected chi connectivity index (χ2v) is 8.36. The van der Waals surface area contributed by atoms with E-state index in [1.54, 1.807) is 0 Å². The highest BCUT2D eigenvalue weighted by Gasteiger charge is 2.31. The molecular weight excluding hydrogens is 490 g/mol. The third kappa shape index (κ3) is 9.34. The number of primary amides is 1. The summed E-state index contributed by atoms with van der Waals surface area (Å²) < 4.78 is 0. The predicted molar refractivity (Wildman–Crippen MR) is 126 cm³/mol. The molecule has 5 unspecified atom stereocenters. The van der Waals surface area contributed by atoms with E-state index in [0.717, 1.165) is 0 Å². The van der Waals surface area contributed by atoms with Gasteiger partial charge >= 0.3 is 5.97 Å². The molecule has 2 aromatic rings. The Kier molecular flexibility index (Phi) is 10.7. The number of H-pyrrole nitrogens is 2. The van der Waals surface area contributed by atoms with Gasteiger partial charge in [-0.2, -0.15) is 0 Å². The minimum absolute atomic E-state index is 0.0775. The van der Waals surface area contributed by atoms with E-state index < -0.39 is 59.9 Å². The molecule has 0 aliphatic heterocycles. The lowest BCUT2D eigenvalue weighted by Crippen LogP contribution is -2.58. The van der Waals surface area contributed by atoms with Crippen LogP contribution in [0.1, 0.15) is 31.2 Å².